The second-order valence-electron chi connectivity index (χ2n) is 7.11. The number of nitrogens with one attached hydrogen (secondary N) is 1. The summed E-state index contributed by atoms with van der Waals surface area (Å²) < 4.78 is 28.9. The first kappa shape index (κ1) is 18.8. The van der Waals surface area contributed by atoms with E-state index in [1.165, 1.54) is 11.3 Å². The molecule has 0 saturated carbocycles. The van der Waals surface area contributed by atoms with E-state index in [0.717, 1.165) is 23.1 Å². The minimum absolute atomic E-state index is 0.0576. The Morgan fingerprint density at radius 2 is 1.80 bits per heavy atom. The number of sulfonamides is 1. The van der Waals surface area contributed by atoms with E-state index >= 15 is 0 Å². The molecule has 30 heavy (non-hydrogen) atoms. The summed E-state index contributed by atoms with van der Waals surface area (Å²) in [6.45, 7) is 0.589. The van der Waals surface area contributed by atoms with E-state index in [1.807, 2.05) is 41.8 Å². The number of benzene rings is 3. The van der Waals surface area contributed by atoms with Gasteiger partial charge in [0.05, 0.1) is 15.5 Å². The third-order valence-corrected chi connectivity index (χ3v) is 7.55. The highest BCUT2D eigenvalue weighted by molar-refractivity contribution is 7.93. The maximum atomic E-state index is 13.1. The third-order valence-electron chi connectivity index (χ3n) is 5.25. The van der Waals surface area contributed by atoms with Gasteiger partial charge in [0, 0.05) is 17.6 Å². The normalized spacial score (nSPS) is 13.4. The Balaban J connectivity index is 1.49. The number of rotatable bonds is 4. The average molecular weight is 435 g/mol. The van der Waals surface area contributed by atoms with E-state index in [4.69, 9.17) is 0 Å². The molecule has 2 heterocycles. The quantitative estimate of drug-likeness (QED) is 0.497. The second-order valence-corrected chi connectivity index (χ2v) is 9.71. The number of carbonyl (C=O) groups excluding carboxylic acids is 1. The molecule has 1 aliphatic rings. The summed E-state index contributed by atoms with van der Waals surface area (Å²) >= 11 is 1.40. The molecule has 0 aliphatic carbocycles. The molecule has 0 fully saturated rings. The second kappa shape index (κ2) is 7.27. The predicted octanol–water partition coefficient (Wildman–Crippen LogP) is 4.91. The van der Waals surface area contributed by atoms with E-state index in [9.17, 15) is 13.2 Å². The molecule has 5 nitrogen and oxygen atoms in total. The Morgan fingerprint density at radius 1 is 0.967 bits per heavy atom. The highest BCUT2D eigenvalue weighted by atomic mass is 32.2. The van der Waals surface area contributed by atoms with E-state index in [1.54, 1.807) is 41.3 Å². The van der Waals surface area contributed by atoms with Gasteiger partial charge < -0.3 is 4.90 Å². The molecule has 1 amide bonds. The highest BCUT2D eigenvalue weighted by Gasteiger charge is 2.27. The summed E-state index contributed by atoms with van der Waals surface area (Å²) in [5.74, 6) is -0.0576. The van der Waals surface area contributed by atoms with Gasteiger partial charge in [-0.1, -0.05) is 48.5 Å². The summed E-state index contributed by atoms with van der Waals surface area (Å²) in [6.07, 6.45) is 0.753. The van der Waals surface area contributed by atoms with E-state index < -0.39 is 10.0 Å². The fourth-order valence-electron chi connectivity index (χ4n) is 3.83. The molecule has 0 saturated heterocycles. The standard InChI is InChI=1S/C23H18N2O3S2/c26-23(21-8-4-14-29-21)25-13-12-17-10-11-18(15-20(17)25)24-30(27,28)22-9-3-6-16-5-1-2-7-19(16)22/h1-11,14-15,24H,12-13H2. The minimum Gasteiger partial charge on any atom is -0.307 e. The number of carbonyl (C=O) groups is 1. The lowest BCUT2D eigenvalue weighted by atomic mass is 10.1. The van der Waals surface area contributed by atoms with Gasteiger partial charge in [-0.2, -0.15) is 0 Å². The molecule has 1 N–H and O–H groups in total. The largest absolute Gasteiger partial charge is 0.307 e. The van der Waals surface area contributed by atoms with Crippen molar-refractivity contribution in [1.29, 1.82) is 0 Å². The number of hydrogen-bond donors (Lipinski definition) is 1. The molecule has 4 aromatic rings. The van der Waals surface area contributed by atoms with Crippen LogP contribution >= 0.6 is 11.3 Å². The molecule has 5 rings (SSSR count). The van der Waals surface area contributed by atoms with Gasteiger partial charge in [-0.05, 0) is 47.0 Å². The summed E-state index contributed by atoms with van der Waals surface area (Å²) in [5, 5.41) is 3.41. The fraction of sp³-hybridized carbons (Fsp3) is 0.0870. The summed E-state index contributed by atoms with van der Waals surface area (Å²) in [5.41, 5.74) is 2.23. The zero-order chi connectivity index (χ0) is 20.7. The first-order valence-corrected chi connectivity index (χ1v) is 11.9. The van der Waals surface area contributed by atoms with Crippen LogP contribution in [0.2, 0.25) is 0 Å². The van der Waals surface area contributed by atoms with E-state index in [0.29, 0.717) is 22.5 Å². The van der Waals surface area contributed by atoms with Crippen LogP contribution in [0.3, 0.4) is 0 Å². The van der Waals surface area contributed by atoms with Crippen molar-refractivity contribution in [2.45, 2.75) is 11.3 Å². The molecule has 3 aromatic carbocycles. The van der Waals surface area contributed by atoms with Crippen molar-refractivity contribution in [1.82, 2.24) is 0 Å². The molecule has 1 aliphatic heterocycles. The maximum absolute atomic E-state index is 13.1. The van der Waals surface area contributed by atoms with Crippen LogP contribution in [0.4, 0.5) is 11.4 Å². The van der Waals surface area contributed by atoms with Crippen LogP contribution in [0, 0.1) is 0 Å². The van der Waals surface area contributed by atoms with Crippen molar-refractivity contribution in [3.63, 3.8) is 0 Å². The van der Waals surface area contributed by atoms with Crippen LogP contribution in [-0.4, -0.2) is 20.9 Å². The van der Waals surface area contributed by atoms with Crippen molar-refractivity contribution in [3.05, 3.63) is 88.6 Å². The average Bonchev–Trinajstić information content (AvgIpc) is 3.42. The maximum Gasteiger partial charge on any atom is 0.268 e. The van der Waals surface area contributed by atoms with Gasteiger partial charge in [0.1, 0.15) is 0 Å². The number of fused-ring (bicyclic) bond motifs is 2. The summed E-state index contributed by atoms with van der Waals surface area (Å²) in [4.78, 5) is 15.5. The van der Waals surface area contributed by atoms with Gasteiger partial charge in [-0.25, -0.2) is 8.42 Å². The highest BCUT2D eigenvalue weighted by Crippen LogP contribution is 2.34. The van der Waals surface area contributed by atoms with Crippen LogP contribution in [0.15, 0.2) is 83.1 Å². The fourth-order valence-corrected chi connectivity index (χ4v) is 5.78. The van der Waals surface area contributed by atoms with Gasteiger partial charge in [-0.15, -0.1) is 11.3 Å². The van der Waals surface area contributed by atoms with Crippen molar-refractivity contribution >= 4 is 49.4 Å². The number of thiophene rings is 1. The first-order chi connectivity index (χ1) is 14.5. The van der Waals surface area contributed by atoms with Gasteiger partial charge in [0.2, 0.25) is 0 Å². The third kappa shape index (κ3) is 3.26. The zero-order valence-electron chi connectivity index (χ0n) is 15.9. The molecule has 7 heteroatoms. The Labute approximate surface area is 178 Å². The first-order valence-electron chi connectivity index (χ1n) is 9.52. The molecule has 0 spiro atoms. The van der Waals surface area contributed by atoms with E-state index in [2.05, 4.69) is 4.72 Å². The molecular formula is C23H18N2O3S2. The van der Waals surface area contributed by atoms with E-state index in [-0.39, 0.29) is 10.8 Å². The predicted molar refractivity (Wildman–Crippen MR) is 121 cm³/mol. The molecule has 1 aromatic heterocycles. The lowest BCUT2D eigenvalue weighted by Gasteiger charge is -2.18. The Kier molecular flexibility index (Phi) is 4.56. The smallest absolute Gasteiger partial charge is 0.268 e. The van der Waals surface area contributed by atoms with Crippen LogP contribution in [0.1, 0.15) is 15.2 Å². The molecule has 0 radical (unpaired) electrons. The lowest BCUT2D eigenvalue weighted by Crippen LogP contribution is -2.28. The van der Waals surface area contributed by atoms with Crippen molar-refractivity contribution in [2.24, 2.45) is 0 Å². The van der Waals surface area contributed by atoms with Crippen LogP contribution in [-0.2, 0) is 16.4 Å². The number of amides is 1. The van der Waals surface area contributed by atoms with Crippen molar-refractivity contribution < 1.29 is 13.2 Å². The monoisotopic (exact) mass is 434 g/mol. The van der Waals surface area contributed by atoms with Gasteiger partial charge >= 0.3 is 0 Å². The molecule has 150 valence electrons. The SMILES string of the molecule is O=C(c1cccs1)N1CCc2ccc(NS(=O)(=O)c3cccc4ccccc34)cc21. The van der Waals surface area contributed by atoms with Crippen LogP contribution in [0.5, 0.6) is 0 Å². The minimum atomic E-state index is -3.79. The Bertz CT molecular complexity index is 1360. The topological polar surface area (TPSA) is 66.5 Å². The van der Waals surface area contributed by atoms with Crippen molar-refractivity contribution in [3.8, 4) is 0 Å². The van der Waals surface area contributed by atoms with Gasteiger partial charge in [0.25, 0.3) is 15.9 Å². The Hall–Kier alpha value is -3.16. The van der Waals surface area contributed by atoms with Gasteiger partial charge in [-0.3, -0.25) is 9.52 Å². The molecule has 0 unspecified atom stereocenters. The summed E-state index contributed by atoms with van der Waals surface area (Å²) in [7, 11) is -3.79. The number of anilines is 2. The molecular weight excluding hydrogens is 416 g/mol. The molecule has 0 atom stereocenters. The van der Waals surface area contributed by atoms with Crippen LogP contribution in [0.25, 0.3) is 10.8 Å². The Morgan fingerprint density at radius 3 is 2.63 bits per heavy atom. The van der Waals surface area contributed by atoms with Crippen LogP contribution < -0.4 is 9.62 Å². The molecule has 0 bridgehead atoms. The lowest BCUT2D eigenvalue weighted by molar-refractivity contribution is 0.0993. The number of hydrogen-bond acceptors (Lipinski definition) is 4. The summed E-state index contributed by atoms with van der Waals surface area (Å²) in [6, 6.07) is 21.7. The zero-order valence-corrected chi connectivity index (χ0v) is 17.5. The van der Waals surface area contributed by atoms with Crippen molar-refractivity contribution in [2.75, 3.05) is 16.2 Å². The number of nitrogens with zero attached hydrogens (tertiary/aromatic N) is 1. The van der Waals surface area contributed by atoms with Gasteiger partial charge in [0.15, 0.2) is 0 Å².